The van der Waals surface area contributed by atoms with Crippen molar-refractivity contribution in [1.82, 2.24) is 0 Å². The van der Waals surface area contributed by atoms with Crippen LogP contribution in [0.1, 0.15) is 0 Å². The zero-order valence-electron chi connectivity index (χ0n) is 6.12. The van der Waals surface area contributed by atoms with Gasteiger partial charge >= 0.3 is 0 Å². The van der Waals surface area contributed by atoms with Crippen LogP contribution in [0.4, 0.5) is 0 Å². The Morgan fingerprint density at radius 1 is 0.545 bits per heavy atom. The van der Waals surface area contributed by atoms with Gasteiger partial charge in [-0.1, -0.05) is 48.5 Å². The molecule has 2 rings (SSSR count). The van der Waals surface area contributed by atoms with Gasteiger partial charge in [0.15, 0.2) is 0 Å². The van der Waals surface area contributed by atoms with E-state index in [0.29, 0.717) is 0 Å². The van der Waals surface area contributed by atoms with Crippen LogP contribution in [0.15, 0.2) is 48.5 Å². The summed E-state index contributed by atoms with van der Waals surface area (Å²) >= 11 is 0. The van der Waals surface area contributed by atoms with Gasteiger partial charge in [-0.3, -0.25) is 0 Å². The first-order chi connectivity index (χ1) is 4.97. The molecule has 0 aromatic heterocycles. The Bertz CT molecular complexity index is 276. The van der Waals surface area contributed by atoms with E-state index in [1.807, 2.05) is 6.07 Å². The molecule has 0 fully saturated rings. The third-order valence-electron chi connectivity index (χ3n) is 1.66. The van der Waals surface area contributed by atoms with E-state index in [4.69, 9.17) is 0 Å². The van der Waals surface area contributed by atoms with Gasteiger partial charge in [-0.2, -0.15) is 13.5 Å². The molecule has 0 bridgehead atoms. The SMILES string of the molecule is S.c1ccc2cccc-2cc1. The summed E-state index contributed by atoms with van der Waals surface area (Å²) in [7, 11) is 0. The number of rotatable bonds is 0. The van der Waals surface area contributed by atoms with Crippen molar-refractivity contribution in [2.24, 2.45) is 0 Å². The standard InChI is InChI=1S/C10H8.H2S/c1-2-5-9-7-4-8-10(9)6-3-1;/h1-8H;1H2. The topological polar surface area (TPSA) is 0 Å². The maximum Gasteiger partial charge on any atom is -0.0184 e. The highest BCUT2D eigenvalue weighted by atomic mass is 32.1. The Labute approximate surface area is 73.7 Å². The molecule has 56 valence electrons. The summed E-state index contributed by atoms with van der Waals surface area (Å²) in [6.07, 6.45) is 0. The zero-order chi connectivity index (χ0) is 6.81. The van der Waals surface area contributed by atoms with Crippen LogP contribution in [-0.4, -0.2) is 0 Å². The summed E-state index contributed by atoms with van der Waals surface area (Å²) < 4.78 is 0. The van der Waals surface area contributed by atoms with Crippen LogP contribution in [0, 0.1) is 0 Å². The highest BCUT2D eigenvalue weighted by molar-refractivity contribution is 7.59. The Morgan fingerprint density at radius 2 is 1.00 bits per heavy atom. The molecule has 0 saturated heterocycles. The molecule has 0 radical (unpaired) electrons. The number of hydrogen-bond donors (Lipinski definition) is 0. The lowest BCUT2D eigenvalue weighted by Gasteiger charge is -1.85. The van der Waals surface area contributed by atoms with E-state index in [9.17, 15) is 0 Å². The molecule has 0 atom stereocenters. The second-order valence-electron chi connectivity index (χ2n) is 2.35. The van der Waals surface area contributed by atoms with Crippen molar-refractivity contribution >= 4 is 13.5 Å². The monoisotopic (exact) mass is 162 g/mol. The molecule has 1 heteroatoms. The number of hydrogen-bond acceptors (Lipinski definition) is 0. The van der Waals surface area contributed by atoms with E-state index in [2.05, 4.69) is 42.5 Å². The minimum Gasteiger partial charge on any atom is -0.197 e. The summed E-state index contributed by atoms with van der Waals surface area (Å²) in [5, 5.41) is 0. The Kier molecular flexibility index (Phi) is 2.55. The van der Waals surface area contributed by atoms with Gasteiger partial charge in [0, 0.05) is 0 Å². The van der Waals surface area contributed by atoms with E-state index < -0.39 is 0 Å². The van der Waals surface area contributed by atoms with Gasteiger partial charge in [-0.15, -0.1) is 0 Å². The third kappa shape index (κ3) is 1.55. The molecule has 0 amide bonds. The molecule has 0 aliphatic heterocycles. The van der Waals surface area contributed by atoms with Gasteiger partial charge < -0.3 is 0 Å². The van der Waals surface area contributed by atoms with Crippen LogP contribution in [-0.2, 0) is 0 Å². The smallest absolute Gasteiger partial charge is 0.0184 e. The summed E-state index contributed by atoms with van der Waals surface area (Å²) in [5.74, 6) is 0. The molecule has 2 aliphatic carbocycles. The fourth-order valence-corrected chi connectivity index (χ4v) is 1.13. The predicted molar refractivity (Wildman–Crippen MR) is 53.4 cm³/mol. The van der Waals surface area contributed by atoms with Gasteiger partial charge in [0.1, 0.15) is 0 Å². The van der Waals surface area contributed by atoms with E-state index in [1.165, 1.54) is 11.1 Å². The van der Waals surface area contributed by atoms with E-state index in [1.54, 1.807) is 0 Å². The molecular formula is C10H10S. The largest absolute Gasteiger partial charge is 0.197 e. The molecule has 0 nitrogen and oxygen atoms in total. The quantitative estimate of drug-likeness (QED) is 0.558. The summed E-state index contributed by atoms with van der Waals surface area (Å²) in [6, 6.07) is 16.7. The Hall–Kier alpha value is -0.950. The molecule has 0 aromatic carbocycles. The first-order valence-corrected chi connectivity index (χ1v) is 3.40. The fourth-order valence-electron chi connectivity index (χ4n) is 1.13. The molecule has 0 unspecified atom stereocenters. The van der Waals surface area contributed by atoms with Gasteiger partial charge in [0.05, 0.1) is 0 Å². The van der Waals surface area contributed by atoms with Gasteiger partial charge in [0.25, 0.3) is 0 Å². The van der Waals surface area contributed by atoms with Crippen molar-refractivity contribution in [3.63, 3.8) is 0 Å². The normalized spacial score (nSPS) is 9.09. The zero-order valence-corrected chi connectivity index (χ0v) is 7.12. The van der Waals surface area contributed by atoms with Crippen molar-refractivity contribution in [2.45, 2.75) is 0 Å². The average Bonchev–Trinajstić information content (AvgIpc) is 2.28. The highest BCUT2D eigenvalue weighted by Crippen LogP contribution is 2.19. The predicted octanol–water partition coefficient (Wildman–Crippen LogP) is 2.90. The van der Waals surface area contributed by atoms with Crippen molar-refractivity contribution in [1.29, 1.82) is 0 Å². The lowest BCUT2D eigenvalue weighted by molar-refractivity contribution is 1.84. The summed E-state index contributed by atoms with van der Waals surface area (Å²) in [5.41, 5.74) is 2.62. The van der Waals surface area contributed by atoms with Gasteiger partial charge in [0.2, 0.25) is 0 Å². The summed E-state index contributed by atoms with van der Waals surface area (Å²) in [4.78, 5) is 0. The van der Waals surface area contributed by atoms with Gasteiger partial charge in [-0.05, 0) is 11.1 Å². The van der Waals surface area contributed by atoms with Gasteiger partial charge in [-0.25, -0.2) is 0 Å². The minimum absolute atomic E-state index is 0. The van der Waals surface area contributed by atoms with Crippen LogP contribution in [0.5, 0.6) is 0 Å². The second-order valence-corrected chi connectivity index (χ2v) is 2.35. The van der Waals surface area contributed by atoms with Crippen molar-refractivity contribution in [3.05, 3.63) is 48.5 Å². The third-order valence-corrected chi connectivity index (χ3v) is 1.66. The van der Waals surface area contributed by atoms with Crippen LogP contribution >= 0.6 is 13.5 Å². The van der Waals surface area contributed by atoms with Crippen molar-refractivity contribution < 1.29 is 0 Å². The number of fused-ring (bicyclic) bond motifs is 1. The molecule has 2 aliphatic rings. The van der Waals surface area contributed by atoms with Crippen LogP contribution < -0.4 is 0 Å². The summed E-state index contributed by atoms with van der Waals surface area (Å²) in [6.45, 7) is 0. The average molecular weight is 162 g/mol. The lowest BCUT2D eigenvalue weighted by Crippen LogP contribution is -1.59. The molecular weight excluding hydrogens is 152 g/mol. The van der Waals surface area contributed by atoms with E-state index in [0.717, 1.165) is 0 Å². The van der Waals surface area contributed by atoms with Crippen LogP contribution in [0.2, 0.25) is 0 Å². The molecule has 11 heavy (non-hydrogen) atoms. The first kappa shape index (κ1) is 8.15. The maximum atomic E-state index is 2.12. The minimum atomic E-state index is 0. The second kappa shape index (κ2) is 3.44. The van der Waals surface area contributed by atoms with E-state index >= 15 is 0 Å². The fraction of sp³-hybridized carbons (Fsp3) is 0. The molecule has 0 aromatic rings. The lowest BCUT2D eigenvalue weighted by atomic mass is 10.2. The van der Waals surface area contributed by atoms with Crippen molar-refractivity contribution in [3.8, 4) is 11.1 Å². The van der Waals surface area contributed by atoms with Crippen molar-refractivity contribution in [2.75, 3.05) is 0 Å². The van der Waals surface area contributed by atoms with Crippen LogP contribution in [0.3, 0.4) is 0 Å². The van der Waals surface area contributed by atoms with E-state index in [-0.39, 0.29) is 13.5 Å². The van der Waals surface area contributed by atoms with Crippen LogP contribution in [0.25, 0.3) is 11.1 Å². The molecule has 0 heterocycles. The first-order valence-electron chi connectivity index (χ1n) is 3.40. The Morgan fingerprint density at radius 3 is 1.55 bits per heavy atom. The molecule has 0 N–H and O–H groups in total. The Balaban J connectivity index is 0.000000605. The highest BCUT2D eigenvalue weighted by Gasteiger charge is 1.94. The molecule has 0 spiro atoms. The maximum absolute atomic E-state index is 2.12. The molecule has 0 saturated carbocycles.